The van der Waals surface area contributed by atoms with Crippen LogP contribution in [-0.2, 0) is 0 Å². The zero-order valence-electron chi connectivity index (χ0n) is 29.8. The van der Waals surface area contributed by atoms with Crippen molar-refractivity contribution in [1.82, 2.24) is 0 Å². The van der Waals surface area contributed by atoms with Crippen LogP contribution < -0.4 is 4.90 Å². The van der Waals surface area contributed by atoms with Gasteiger partial charge in [0, 0.05) is 48.0 Å². The van der Waals surface area contributed by atoms with Gasteiger partial charge in [0.2, 0.25) is 0 Å². The van der Waals surface area contributed by atoms with E-state index in [0.29, 0.717) is 0 Å². The molecule has 0 spiro atoms. The molecule has 2 aromatic heterocycles. The highest BCUT2D eigenvalue weighted by Gasteiger charge is 2.16. The maximum Gasteiger partial charge on any atom is 0.136 e. The number of rotatable bonds is 6. The van der Waals surface area contributed by atoms with Crippen molar-refractivity contribution in [3.63, 3.8) is 0 Å². The van der Waals surface area contributed by atoms with Gasteiger partial charge in [0.05, 0.1) is 0 Å². The summed E-state index contributed by atoms with van der Waals surface area (Å²) in [5, 5.41) is 7.40. The Morgan fingerprint density at radius 3 is 1.67 bits per heavy atom. The second-order valence-corrected chi connectivity index (χ2v) is 15.2. The average molecular weight is 720 g/mol. The van der Waals surface area contributed by atoms with E-state index in [9.17, 15) is 0 Å². The van der Waals surface area contributed by atoms with Crippen LogP contribution in [-0.4, -0.2) is 0 Å². The Bertz CT molecular complexity index is 3070. The molecule has 0 radical (unpaired) electrons. The first-order chi connectivity index (χ1) is 27.2. The lowest BCUT2D eigenvalue weighted by atomic mass is 10.00. The van der Waals surface area contributed by atoms with Gasteiger partial charge in [0.15, 0.2) is 0 Å². The Hall–Kier alpha value is -6.94. The minimum absolute atomic E-state index is 0.897. The SMILES string of the molecule is c1cc(-c2ccc3c(c2)oc2ccccc23)cc(N(c2ccc(-c3ccc4ccccc4c3)cc2)c2cccc(-c3ccc4c(c3)sc3ccccc34)c2)c1. The molecule has 11 rings (SSSR count). The highest BCUT2D eigenvalue weighted by atomic mass is 32.1. The number of nitrogens with zero attached hydrogens (tertiary/aromatic N) is 1. The third kappa shape index (κ3) is 5.56. The summed E-state index contributed by atoms with van der Waals surface area (Å²) >= 11 is 1.86. The van der Waals surface area contributed by atoms with Gasteiger partial charge in [-0.3, -0.25) is 0 Å². The van der Waals surface area contributed by atoms with Crippen LogP contribution in [0.25, 0.3) is 86.3 Å². The normalized spacial score (nSPS) is 11.6. The molecule has 0 bridgehead atoms. The molecule has 0 N–H and O–H groups in total. The second-order valence-electron chi connectivity index (χ2n) is 14.2. The summed E-state index contributed by atoms with van der Waals surface area (Å²) < 4.78 is 8.92. The Labute approximate surface area is 322 Å². The van der Waals surface area contributed by atoms with E-state index in [0.717, 1.165) is 50.1 Å². The van der Waals surface area contributed by atoms with Crippen LogP contribution in [0.3, 0.4) is 0 Å². The Balaban J connectivity index is 1.02. The smallest absolute Gasteiger partial charge is 0.136 e. The van der Waals surface area contributed by atoms with Gasteiger partial charge in [0.25, 0.3) is 0 Å². The Morgan fingerprint density at radius 1 is 0.309 bits per heavy atom. The third-order valence-corrected chi connectivity index (χ3v) is 12.0. The van der Waals surface area contributed by atoms with Gasteiger partial charge in [-0.05, 0) is 117 Å². The molecule has 0 unspecified atom stereocenters. The topological polar surface area (TPSA) is 16.4 Å². The first-order valence-corrected chi connectivity index (χ1v) is 19.5. The van der Waals surface area contributed by atoms with Crippen molar-refractivity contribution < 1.29 is 4.42 Å². The van der Waals surface area contributed by atoms with E-state index in [1.807, 2.05) is 23.5 Å². The monoisotopic (exact) mass is 719 g/mol. The van der Waals surface area contributed by atoms with E-state index in [1.165, 1.54) is 53.2 Å². The lowest BCUT2D eigenvalue weighted by Gasteiger charge is -2.27. The maximum absolute atomic E-state index is 6.29. The van der Waals surface area contributed by atoms with Gasteiger partial charge < -0.3 is 9.32 Å². The molecule has 55 heavy (non-hydrogen) atoms. The summed E-state index contributed by atoms with van der Waals surface area (Å²) in [4.78, 5) is 2.37. The number of fused-ring (bicyclic) bond motifs is 7. The van der Waals surface area contributed by atoms with Crippen molar-refractivity contribution in [2.45, 2.75) is 0 Å². The largest absolute Gasteiger partial charge is 0.456 e. The van der Waals surface area contributed by atoms with Gasteiger partial charge in [-0.25, -0.2) is 0 Å². The molecule has 0 aliphatic heterocycles. The van der Waals surface area contributed by atoms with Gasteiger partial charge in [-0.2, -0.15) is 0 Å². The lowest BCUT2D eigenvalue weighted by Crippen LogP contribution is -2.10. The maximum atomic E-state index is 6.29. The number of thiophene rings is 1. The summed E-state index contributed by atoms with van der Waals surface area (Å²) in [5.41, 5.74) is 12.1. The van der Waals surface area contributed by atoms with E-state index in [4.69, 9.17) is 4.42 Å². The first kappa shape index (κ1) is 31.6. The quantitative estimate of drug-likeness (QED) is 0.170. The van der Waals surface area contributed by atoms with E-state index < -0.39 is 0 Å². The molecular formula is C52H33NOS. The van der Waals surface area contributed by atoms with E-state index in [-0.39, 0.29) is 0 Å². The minimum atomic E-state index is 0.897. The fourth-order valence-electron chi connectivity index (χ4n) is 8.08. The molecule has 11 aromatic rings. The van der Waals surface area contributed by atoms with Crippen molar-refractivity contribution in [3.8, 4) is 33.4 Å². The van der Waals surface area contributed by atoms with Crippen molar-refractivity contribution in [2.75, 3.05) is 4.90 Å². The zero-order chi connectivity index (χ0) is 36.3. The molecule has 0 aliphatic rings. The summed E-state index contributed by atoms with van der Waals surface area (Å²) in [7, 11) is 0. The minimum Gasteiger partial charge on any atom is -0.456 e. The van der Waals surface area contributed by atoms with Crippen molar-refractivity contribution in [2.24, 2.45) is 0 Å². The Kier molecular flexibility index (Phi) is 7.39. The molecule has 0 saturated carbocycles. The highest BCUT2D eigenvalue weighted by molar-refractivity contribution is 7.25. The van der Waals surface area contributed by atoms with Gasteiger partial charge in [-0.1, -0.05) is 127 Å². The number of benzene rings is 9. The summed E-state index contributed by atoms with van der Waals surface area (Å²) in [5.74, 6) is 0. The summed E-state index contributed by atoms with van der Waals surface area (Å²) in [6.07, 6.45) is 0. The molecule has 258 valence electrons. The first-order valence-electron chi connectivity index (χ1n) is 18.6. The third-order valence-electron chi connectivity index (χ3n) is 10.8. The highest BCUT2D eigenvalue weighted by Crippen LogP contribution is 2.41. The van der Waals surface area contributed by atoms with Crippen molar-refractivity contribution in [3.05, 3.63) is 200 Å². The number of para-hydroxylation sites is 1. The van der Waals surface area contributed by atoms with E-state index in [2.05, 4.69) is 193 Å². The molecule has 2 heterocycles. The molecule has 2 nitrogen and oxygen atoms in total. The number of hydrogen-bond donors (Lipinski definition) is 0. The van der Waals surface area contributed by atoms with Crippen LogP contribution in [0.15, 0.2) is 205 Å². The molecule has 0 atom stereocenters. The fraction of sp³-hybridized carbons (Fsp3) is 0. The second kappa shape index (κ2) is 12.9. The molecule has 9 aromatic carbocycles. The van der Waals surface area contributed by atoms with Gasteiger partial charge >= 0.3 is 0 Å². The van der Waals surface area contributed by atoms with E-state index >= 15 is 0 Å². The zero-order valence-corrected chi connectivity index (χ0v) is 30.6. The van der Waals surface area contributed by atoms with Gasteiger partial charge in [-0.15, -0.1) is 11.3 Å². The predicted octanol–water partition coefficient (Wildman–Crippen LogP) is 15.6. The number of hydrogen-bond acceptors (Lipinski definition) is 3. The van der Waals surface area contributed by atoms with E-state index in [1.54, 1.807) is 0 Å². The van der Waals surface area contributed by atoms with Crippen LogP contribution in [0.5, 0.6) is 0 Å². The molecule has 0 saturated heterocycles. The van der Waals surface area contributed by atoms with Crippen LogP contribution in [0, 0.1) is 0 Å². The van der Waals surface area contributed by atoms with Crippen LogP contribution in [0.1, 0.15) is 0 Å². The summed E-state index contributed by atoms with van der Waals surface area (Å²) in [6, 6.07) is 72.4. The number of furan rings is 1. The summed E-state index contributed by atoms with van der Waals surface area (Å²) in [6.45, 7) is 0. The number of anilines is 3. The van der Waals surface area contributed by atoms with Crippen LogP contribution >= 0.6 is 11.3 Å². The average Bonchev–Trinajstić information content (AvgIpc) is 3.82. The molecule has 3 heteroatoms. The molecule has 0 amide bonds. The lowest BCUT2D eigenvalue weighted by molar-refractivity contribution is 0.669. The van der Waals surface area contributed by atoms with Crippen molar-refractivity contribution >= 4 is 81.3 Å². The van der Waals surface area contributed by atoms with Crippen molar-refractivity contribution in [1.29, 1.82) is 0 Å². The van der Waals surface area contributed by atoms with Gasteiger partial charge in [0.1, 0.15) is 11.2 Å². The Morgan fingerprint density at radius 2 is 0.873 bits per heavy atom. The van der Waals surface area contributed by atoms with Crippen LogP contribution in [0.2, 0.25) is 0 Å². The molecule has 0 aliphatic carbocycles. The molecule has 0 fully saturated rings. The standard InChI is InChI=1S/C52H33NOS/c1-2-10-36-29-39(20-19-34(36)9-1)35-21-25-42(26-22-35)53(43-13-7-11-37(30-43)40-23-27-46-45-15-3-5-17-49(45)54-50(46)32-40)44-14-8-12-38(31-44)41-24-28-48-47-16-4-6-18-51(47)55-52(48)33-41/h1-33H. The molecular weight excluding hydrogens is 687 g/mol. The predicted molar refractivity (Wildman–Crippen MR) is 235 cm³/mol. The fourth-order valence-corrected chi connectivity index (χ4v) is 9.22. The van der Waals surface area contributed by atoms with Crippen LogP contribution in [0.4, 0.5) is 17.1 Å².